The van der Waals surface area contributed by atoms with Crippen LogP contribution in [0.15, 0.2) is 12.2 Å². The average molecular weight is 157 g/mol. The number of hydrogen-bond donors (Lipinski definition) is 1. The van der Waals surface area contributed by atoms with Gasteiger partial charge in [0.2, 0.25) is 0 Å². The second kappa shape index (κ2) is 4.91. The average Bonchev–Trinajstić information content (AvgIpc) is 1.87. The van der Waals surface area contributed by atoms with Crippen LogP contribution in [0.4, 0.5) is 0 Å². The number of likely N-dealkylation sites (N-methyl/N-ethyl adjacent to an activating group) is 1. The summed E-state index contributed by atoms with van der Waals surface area (Å²) in [4.78, 5) is 12.3. The predicted molar refractivity (Wildman–Crippen MR) is 44.6 cm³/mol. The number of carboxylic acids is 1. The molecule has 0 atom stereocenters. The molecule has 1 N–H and O–H groups in total. The fourth-order valence-corrected chi connectivity index (χ4v) is 0.854. The van der Waals surface area contributed by atoms with E-state index in [1.807, 2.05) is 11.9 Å². The molecule has 0 aliphatic rings. The summed E-state index contributed by atoms with van der Waals surface area (Å²) in [6, 6.07) is 0. The van der Waals surface area contributed by atoms with E-state index in [1.165, 1.54) is 0 Å². The van der Waals surface area contributed by atoms with Gasteiger partial charge in [-0.1, -0.05) is 13.5 Å². The van der Waals surface area contributed by atoms with Crippen LogP contribution < -0.4 is 0 Å². The highest BCUT2D eigenvalue weighted by atomic mass is 16.4. The molecule has 3 heteroatoms. The zero-order valence-corrected chi connectivity index (χ0v) is 7.13. The topological polar surface area (TPSA) is 40.5 Å². The highest BCUT2D eigenvalue weighted by molar-refractivity contribution is 5.86. The van der Waals surface area contributed by atoms with Crippen molar-refractivity contribution in [3.05, 3.63) is 12.2 Å². The first-order valence-corrected chi connectivity index (χ1v) is 3.67. The Morgan fingerprint density at radius 3 is 2.55 bits per heavy atom. The predicted octanol–water partition coefficient (Wildman–Crippen LogP) is 0.969. The summed E-state index contributed by atoms with van der Waals surface area (Å²) in [7, 11) is 1.89. The molecule has 0 aromatic rings. The van der Waals surface area contributed by atoms with Crippen LogP contribution >= 0.6 is 0 Å². The second-order valence-electron chi connectivity index (χ2n) is 2.65. The minimum absolute atomic E-state index is 0.251. The molecule has 3 nitrogen and oxygen atoms in total. The van der Waals surface area contributed by atoms with E-state index in [2.05, 4.69) is 13.5 Å². The van der Waals surface area contributed by atoms with E-state index in [1.54, 1.807) is 0 Å². The summed E-state index contributed by atoms with van der Waals surface area (Å²) >= 11 is 0. The Kier molecular flexibility index (Phi) is 4.54. The van der Waals surface area contributed by atoms with Crippen LogP contribution in [0.2, 0.25) is 0 Å². The molecule has 0 radical (unpaired) electrons. The molecule has 64 valence electrons. The van der Waals surface area contributed by atoms with Gasteiger partial charge in [-0.2, -0.15) is 0 Å². The van der Waals surface area contributed by atoms with E-state index >= 15 is 0 Å². The Morgan fingerprint density at radius 2 is 2.18 bits per heavy atom. The lowest BCUT2D eigenvalue weighted by Gasteiger charge is -2.14. The van der Waals surface area contributed by atoms with Gasteiger partial charge in [-0.3, -0.25) is 0 Å². The molecule has 0 aromatic carbocycles. The molecular weight excluding hydrogens is 142 g/mol. The minimum atomic E-state index is -0.909. The number of rotatable bonds is 5. The van der Waals surface area contributed by atoms with Crippen LogP contribution in [0.3, 0.4) is 0 Å². The number of carbonyl (C=O) groups is 1. The lowest BCUT2D eigenvalue weighted by atomic mass is 10.3. The van der Waals surface area contributed by atoms with Gasteiger partial charge in [0, 0.05) is 12.1 Å². The Labute approximate surface area is 67.3 Å². The summed E-state index contributed by atoms with van der Waals surface area (Å²) in [6.45, 7) is 6.85. The van der Waals surface area contributed by atoms with Gasteiger partial charge >= 0.3 is 5.97 Å². The molecule has 0 aromatic heterocycles. The monoisotopic (exact) mass is 157 g/mol. The molecule has 0 saturated carbocycles. The van der Waals surface area contributed by atoms with E-state index in [0.717, 1.165) is 13.0 Å². The van der Waals surface area contributed by atoms with Crippen molar-refractivity contribution in [3.63, 3.8) is 0 Å². The zero-order chi connectivity index (χ0) is 8.85. The maximum atomic E-state index is 10.3. The molecule has 0 aliphatic heterocycles. The Bertz CT molecular complexity index is 154. The lowest BCUT2D eigenvalue weighted by Crippen LogP contribution is -2.24. The first-order chi connectivity index (χ1) is 5.07. The van der Waals surface area contributed by atoms with Crippen LogP contribution in [-0.2, 0) is 4.79 Å². The summed E-state index contributed by atoms with van der Waals surface area (Å²) < 4.78 is 0. The van der Waals surface area contributed by atoms with Crippen molar-refractivity contribution in [2.24, 2.45) is 0 Å². The Hall–Kier alpha value is -0.830. The first-order valence-electron chi connectivity index (χ1n) is 3.67. The van der Waals surface area contributed by atoms with Crippen molar-refractivity contribution >= 4 is 5.97 Å². The van der Waals surface area contributed by atoms with Crippen LogP contribution in [-0.4, -0.2) is 36.1 Å². The van der Waals surface area contributed by atoms with Crippen LogP contribution in [0.25, 0.3) is 0 Å². The van der Waals surface area contributed by atoms with E-state index < -0.39 is 5.97 Å². The van der Waals surface area contributed by atoms with Gasteiger partial charge in [0.05, 0.1) is 0 Å². The fraction of sp³-hybridized carbons (Fsp3) is 0.625. The second-order valence-corrected chi connectivity index (χ2v) is 2.65. The van der Waals surface area contributed by atoms with Crippen LogP contribution in [0.1, 0.15) is 13.3 Å². The van der Waals surface area contributed by atoms with Gasteiger partial charge in [-0.05, 0) is 20.0 Å². The van der Waals surface area contributed by atoms with Crippen molar-refractivity contribution in [1.82, 2.24) is 4.90 Å². The van der Waals surface area contributed by atoms with Gasteiger partial charge in [0.15, 0.2) is 0 Å². The molecule has 0 heterocycles. The Balaban J connectivity index is 3.66. The number of aliphatic carboxylic acids is 1. The van der Waals surface area contributed by atoms with Gasteiger partial charge in [-0.15, -0.1) is 0 Å². The van der Waals surface area contributed by atoms with Crippen molar-refractivity contribution in [2.45, 2.75) is 13.3 Å². The summed E-state index contributed by atoms with van der Waals surface area (Å²) in [5, 5.41) is 8.47. The maximum Gasteiger partial charge on any atom is 0.332 e. The molecule has 0 aliphatic carbocycles. The largest absolute Gasteiger partial charge is 0.478 e. The van der Waals surface area contributed by atoms with Crippen molar-refractivity contribution in [2.75, 3.05) is 20.1 Å². The van der Waals surface area contributed by atoms with E-state index in [9.17, 15) is 4.79 Å². The fourth-order valence-electron chi connectivity index (χ4n) is 0.854. The molecule has 0 rings (SSSR count). The molecular formula is C8H15NO2. The maximum absolute atomic E-state index is 10.3. The summed E-state index contributed by atoms with van der Waals surface area (Å²) in [5.41, 5.74) is 0.251. The third-order valence-electron chi connectivity index (χ3n) is 1.37. The molecule has 11 heavy (non-hydrogen) atoms. The molecule has 0 bridgehead atoms. The SMILES string of the molecule is C=C(CN(C)CCC)C(=O)O. The summed E-state index contributed by atoms with van der Waals surface area (Å²) in [5.74, 6) is -0.909. The number of nitrogens with zero attached hydrogens (tertiary/aromatic N) is 1. The molecule has 0 amide bonds. The first kappa shape index (κ1) is 10.2. The molecule has 0 spiro atoms. The lowest BCUT2D eigenvalue weighted by molar-refractivity contribution is -0.132. The van der Waals surface area contributed by atoms with Gasteiger partial charge < -0.3 is 10.0 Å². The van der Waals surface area contributed by atoms with Crippen molar-refractivity contribution in [1.29, 1.82) is 0 Å². The van der Waals surface area contributed by atoms with Gasteiger partial charge in [-0.25, -0.2) is 4.79 Å². The zero-order valence-electron chi connectivity index (χ0n) is 7.13. The summed E-state index contributed by atoms with van der Waals surface area (Å²) in [6.07, 6.45) is 1.03. The minimum Gasteiger partial charge on any atom is -0.478 e. The van der Waals surface area contributed by atoms with E-state index in [-0.39, 0.29) is 5.57 Å². The van der Waals surface area contributed by atoms with Crippen molar-refractivity contribution < 1.29 is 9.90 Å². The normalized spacial score (nSPS) is 10.1. The smallest absolute Gasteiger partial charge is 0.332 e. The standard InChI is InChI=1S/C8H15NO2/c1-4-5-9(3)6-7(2)8(10)11/h2,4-6H2,1,3H3,(H,10,11). The van der Waals surface area contributed by atoms with Gasteiger partial charge in [0.1, 0.15) is 0 Å². The number of hydrogen-bond acceptors (Lipinski definition) is 2. The van der Waals surface area contributed by atoms with E-state index in [4.69, 9.17) is 5.11 Å². The van der Waals surface area contributed by atoms with E-state index in [0.29, 0.717) is 6.54 Å². The molecule has 0 fully saturated rings. The van der Waals surface area contributed by atoms with Crippen molar-refractivity contribution in [3.8, 4) is 0 Å². The van der Waals surface area contributed by atoms with Gasteiger partial charge in [0.25, 0.3) is 0 Å². The third kappa shape index (κ3) is 4.56. The number of carboxylic acid groups (broad SMARTS) is 1. The highest BCUT2D eigenvalue weighted by Gasteiger charge is 2.05. The van der Waals surface area contributed by atoms with Crippen LogP contribution in [0.5, 0.6) is 0 Å². The highest BCUT2D eigenvalue weighted by Crippen LogP contribution is 1.94. The molecule has 0 saturated heterocycles. The molecule has 0 unspecified atom stereocenters. The third-order valence-corrected chi connectivity index (χ3v) is 1.37. The quantitative estimate of drug-likeness (QED) is 0.604. The Morgan fingerprint density at radius 1 is 1.64 bits per heavy atom. The van der Waals surface area contributed by atoms with Crippen LogP contribution in [0, 0.1) is 0 Å².